The summed E-state index contributed by atoms with van der Waals surface area (Å²) in [7, 11) is 0. The first-order chi connectivity index (χ1) is 15.8. The van der Waals surface area contributed by atoms with Crippen LogP contribution < -0.4 is 5.32 Å². The Bertz CT molecular complexity index is 1110. The first-order valence-corrected chi connectivity index (χ1v) is 10.6. The summed E-state index contributed by atoms with van der Waals surface area (Å²) >= 11 is 6.00. The van der Waals surface area contributed by atoms with Crippen molar-refractivity contribution in [2.75, 3.05) is 38.0 Å². The van der Waals surface area contributed by atoms with Crippen molar-refractivity contribution in [1.82, 2.24) is 19.9 Å². The highest BCUT2D eigenvalue weighted by Crippen LogP contribution is 2.34. The van der Waals surface area contributed by atoms with Crippen LogP contribution in [0.2, 0.25) is 5.02 Å². The number of nitrogens with zero attached hydrogens (tertiary/aromatic N) is 4. The molecule has 2 heterocycles. The van der Waals surface area contributed by atoms with Gasteiger partial charge in [0.15, 0.2) is 0 Å². The number of nitrogens with one attached hydrogen (secondary N) is 1. The van der Waals surface area contributed by atoms with E-state index < -0.39 is 17.6 Å². The lowest BCUT2D eigenvalue weighted by Crippen LogP contribution is -2.48. The second-order valence-corrected chi connectivity index (χ2v) is 8.10. The van der Waals surface area contributed by atoms with Gasteiger partial charge < -0.3 is 9.84 Å². The highest BCUT2D eigenvalue weighted by Gasteiger charge is 2.33. The highest BCUT2D eigenvalue weighted by molar-refractivity contribution is 6.30. The molecule has 1 aromatic heterocycles. The molecule has 33 heavy (non-hydrogen) atoms. The lowest BCUT2D eigenvalue weighted by Gasteiger charge is -2.33. The second-order valence-electron chi connectivity index (χ2n) is 7.67. The largest absolute Gasteiger partial charge is 0.418 e. The molecule has 0 spiro atoms. The standard InChI is InChI=1S/C22H21ClF3N5O2/c23-16-5-3-4-15(12-16)21-28-20(33-29-21)14-31-10-8-30(9-11-31)13-19(32)27-18-7-2-1-6-17(18)22(24,25)26/h1-7,12H,8-11,13-14H2,(H,27,32). The van der Waals surface area contributed by atoms with Gasteiger partial charge in [-0.05, 0) is 24.3 Å². The smallest absolute Gasteiger partial charge is 0.338 e. The van der Waals surface area contributed by atoms with Crippen molar-refractivity contribution >= 4 is 23.2 Å². The van der Waals surface area contributed by atoms with Crippen LogP contribution in [-0.2, 0) is 17.5 Å². The topological polar surface area (TPSA) is 74.5 Å². The average molecular weight is 480 g/mol. The summed E-state index contributed by atoms with van der Waals surface area (Å²) in [4.78, 5) is 20.7. The van der Waals surface area contributed by atoms with Crippen LogP contribution in [-0.4, -0.2) is 58.6 Å². The van der Waals surface area contributed by atoms with Gasteiger partial charge in [-0.1, -0.05) is 41.0 Å². The number of benzene rings is 2. The van der Waals surface area contributed by atoms with Crippen LogP contribution in [0.4, 0.5) is 18.9 Å². The zero-order valence-electron chi connectivity index (χ0n) is 17.5. The lowest BCUT2D eigenvalue weighted by molar-refractivity contribution is -0.137. The Hall–Kier alpha value is -2.95. The third-order valence-electron chi connectivity index (χ3n) is 5.25. The fourth-order valence-corrected chi connectivity index (χ4v) is 3.78. The molecule has 0 atom stereocenters. The number of piperazine rings is 1. The second kappa shape index (κ2) is 9.90. The van der Waals surface area contributed by atoms with Gasteiger partial charge >= 0.3 is 6.18 Å². The molecule has 11 heteroatoms. The number of para-hydroxylation sites is 1. The lowest BCUT2D eigenvalue weighted by atomic mass is 10.1. The molecule has 0 saturated carbocycles. The molecule has 174 valence electrons. The molecule has 7 nitrogen and oxygen atoms in total. The van der Waals surface area contributed by atoms with Gasteiger partial charge in [-0.3, -0.25) is 14.6 Å². The van der Waals surface area contributed by atoms with Crippen molar-refractivity contribution in [3.63, 3.8) is 0 Å². The molecule has 0 radical (unpaired) electrons. The quantitative estimate of drug-likeness (QED) is 0.572. The molecule has 1 saturated heterocycles. The van der Waals surface area contributed by atoms with E-state index in [0.29, 0.717) is 49.5 Å². The van der Waals surface area contributed by atoms with Crippen LogP contribution in [0.5, 0.6) is 0 Å². The number of aromatic nitrogens is 2. The number of anilines is 1. The van der Waals surface area contributed by atoms with E-state index in [2.05, 4.69) is 20.4 Å². The Morgan fingerprint density at radius 1 is 1.06 bits per heavy atom. The van der Waals surface area contributed by atoms with Gasteiger partial charge in [0.25, 0.3) is 0 Å². The van der Waals surface area contributed by atoms with Crippen molar-refractivity contribution < 1.29 is 22.5 Å². The van der Waals surface area contributed by atoms with E-state index in [9.17, 15) is 18.0 Å². The van der Waals surface area contributed by atoms with Crippen LogP contribution in [0.15, 0.2) is 53.1 Å². The number of rotatable bonds is 6. The monoisotopic (exact) mass is 479 g/mol. The van der Waals surface area contributed by atoms with Gasteiger partial charge in [0, 0.05) is 36.8 Å². The average Bonchev–Trinajstić information content (AvgIpc) is 3.23. The van der Waals surface area contributed by atoms with Crippen molar-refractivity contribution in [2.24, 2.45) is 0 Å². The maximum absolute atomic E-state index is 13.1. The van der Waals surface area contributed by atoms with E-state index in [1.165, 1.54) is 18.2 Å². The van der Waals surface area contributed by atoms with Crippen molar-refractivity contribution in [1.29, 1.82) is 0 Å². The van der Waals surface area contributed by atoms with E-state index in [-0.39, 0.29) is 12.2 Å². The van der Waals surface area contributed by atoms with Crippen LogP contribution in [0, 0.1) is 0 Å². The van der Waals surface area contributed by atoms with Crippen LogP contribution in [0.25, 0.3) is 11.4 Å². The number of hydrogen-bond acceptors (Lipinski definition) is 6. The Morgan fingerprint density at radius 2 is 1.79 bits per heavy atom. The number of hydrogen-bond donors (Lipinski definition) is 1. The first-order valence-electron chi connectivity index (χ1n) is 10.3. The van der Waals surface area contributed by atoms with E-state index in [1.54, 1.807) is 12.1 Å². The maximum Gasteiger partial charge on any atom is 0.418 e. The van der Waals surface area contributed by atoms with Crippen molar-refractivity contribution in [3.05, 3.63) is 65.0 Å². The first kappa shape index (κ1) is 23.2. The van der Waals surface area contributed by atoms with E-state index in [4.69, 9.17) is 16.1 Å². The summed E-state index contributed by atoms with van der Waals surface area (Å²) in [6.45, 7) is 2.96. The summed E-state index contributed by atoms with van der Waals surface area (Å²) in [6.07, 6.45) is -4.53. The third-order valence-corrected chi connectivity index (χ3v) is 5.48. The summed E-state index contributed by atoms with van der Waals surface area (Å²) in [5.74, 6) is 0.449. The number of carbonyl (C=O) groups is 1. The van der Waals surface area contributed by atoms with Crippen molar-refractivity contribution in [3.8, 4) is 11.4 Å². The minimum atomic E-state index is -4.53. The Balaban J connectivity index is 1.26. The molecule has 1 fully saturated rings. The molecule has 0 bridgehead atoms. The molecule has 0 unspecified atom stereocenters. The minimum absolute atomic E-state index is 0.0134. The normalized spacial score (nSPS) is 15.5. The molecule has 2 aromatic carbocycles. The zero-order valence-corrected chi connectivity index (χ0v) is 18.2. The Labute approximate surface area is 193 Å². The minimum Gasteiger partial charge on any atom is -0.338 e. The highest BCUT2D eigenvalue weighted by atomic mass is 35.5. The van der Waals surface area contributed by atoms with Gasteiger partial charge in [0.2, 0.25) is 17.6 Å². The summed E-state index contributed by atoms with van der Waals surface area (Å²) in [5.41, 5.74) is -0.333. The van der Waals surface area contributed by atoms with Gasteiger partial charge in [-0.25, -0.2) is 0 Å². The number of carbonyl (C=O) groups excluding carboxylic acids is 1. The van der Waals surface area contributed by atoms with E-state index in [1.807, 2.05) is 17.0 Å². The van der Waals surface area contributed by atoms with Crippen LogP contribution in [0.1, 0.15) is 11.5 Å². The van der Waals surface area contributed by atoms with Gasteiger partial charge in [-0.15, -0.1) is 0 Å². The summed E-state index contributed by atoms with van der Waals surface area (Å²) in [6, 6.07) is 12.1. The molecule has 1 aliphatic heterocycles. The maximum atomic E-state index is 13.1. The molecular formula is C22H21ClF3N5O2. The third kappa shape index (κ3) is 6.10. The van der Waals surface area contributed by atoms with Gasteiger partial charge in [0.1, 0.15) is 0 Å². The molecule has 1 aliphatic rings. The summed E-state index contributed by atoms with van der Waals surface area (Å²) in [5, 5.41) is 6.96. The molecule has 1 amide bonds. The fourth-order valence-electron chi connectivity index (χ4n) is 3.59. The zero-order chi connectivity index (χ0) is 23.4. The number of alkyl halides is 3. The molecule has 3 aromatic rings. The number of amides is 1. The van der Waals surface area contributed by atoms with Gasteiger partial charge in [0.05, 0.1) is 24.3 Å². The van der Waals surface area contributed by atoms with E-state index in [0.717, 1.165) is 11.6 Å². The van der Waals surface area contributed by atoms with E-state index >= 15 is 0 Å². The molecule has 0 aliphatic carbocycles. The van der Waals surface area contributed by atoms with Crippen molar-refractivity contribution in [2.45, 2.75) is 12.7 Å². The predicted molar refractivity (Wildman–Crippen MR) is 117 cm³/mol. The van der Waals surface area contributed by atoms with Crippen LogP contribution >= 0.6 is 11.6 Å². The Kier molecular flexibility index (Phi) is 6.96. The predicted octanol–water partition coefficient (Wildman–Crippen LogP) is 4.17. The molecule has 4 rings (SSSR count). The van der Waals surface area contributed by atoms with Gasteiger partial charge in [-0.2, -0.15) is 18.2 Å². The molecule has 1 N–H and O–H groups in total. The Morgan fingerprint density at radius 3 is 2.52 bits per heavy atom. The summed E-state index contributed by atoms with van der Waals surface area (Å²) < 4.78 is 44.7. The molecular weight excluding hydrogens is 459 g/mol. The number of halogens is 4. The SMILES string of the molecule is O=C(CN1CCN(Cc2nc(-c3cccc(Cl)c3)no2)CC1)Nc1ccccc1C(F)(F)F. The fraction of sp³-hybridized carbons (Fsp3) is 0.318. The van der Waals surface area contributed by atoms with Crippen LogP contribution in [0.3, 0.4) is 0 Å².